The first kappa shape index (κ1) is 9.59. The van der Waals surface area contributed by atoms with Gasteiger partial charge in [0.1, 0.15) is 5.78 Å². The summed E-state index contributed by atoms with van der Waals surface area (Å²) in [6.07, 6.45) is 0.739. The van der Waals surface area contributed by atoms with Crippen LogP contribution >= 0.6 is 0 Å². The van der Waals surface area contributed by atoms with Gasteiger partial charge in [-0.25, -0.2) is 0 Å². The molecule has 0 radical (unpaired) electrons. The summed E-state index contributed by atoms with van der Waals surface area (Å²) in [6.45, 7) is 4.96. The minimum Gasteiger partial charge on any atom is -0.330 e. The van der Waals surface area contributed by atoms with E-state index in [0.29, 0.717) is 6.54 Å². The van der Waals surface area contributed by atoms with Crippen molar-refractivity contribution in [3.63, 3.8) is 0 Å². The van der Waals surface area contributed by atoms with Crippen molar-refractivity contribution < 1.29 is 4.79 Å². The van der Waals surface area contributed by atoms with Crippen molar-refractivity contribution in [3.05, 3.63) is 0 Å². The molecule has 0 saturated heterocycles. The van der Waals surface area contributed by atoms with Crippen LogP contribution in [0, 0.1) is 0 Å². The molecule has 0 fully saturated rings. The molecule has 0 aliphatic carbocycles. The summed E-state index contributed by atoms with van der Waals surface area (Å²) < 4.78 is 0. The molecule has 3 N–H and O–H groups in total. The van der Waals surface area contributed by atoms with Gasteiger partial charge in [0, 0.05) is 0 Å². The number of hydrogen-bond donors (Lipinski definition) is 2. The molecule has 0 aromatic carbocycles. The fourth-order valence-electron chi connectivity index (χ4n) is 0.862. The molecule has 0 aromatic rings. The Bertz CT molecular complexity index is 97.8. The van der Waals surface area contributed by atoms with Crippen molar-refractivity contribution in [2.45, 2.75) is 26.3 Å². The number of likely N-dealkylation sites (N-methyl/N-ethyl adjacent to an activating group) is 1. The molecule has 0 rings (SSSR count). The van der Waals surface area contributed by atoms with E-state index in [-0.39, 0.29) is 11.8 Å². The Morgan fingerprint density at radius 2 is 2.30 bits per heavy atom. The van der Waals surface area contributed by atoms with Crippen LogP contribution in [-0.2, 0) is 4.79 Å². The van der Waals surface area contributed by atoms with Gasteiger partial charge in [0.2, 0.25) is 0 Å². The molecule has 0 heterocycles. The number of Topliss-reactive ketones (excluding diaryl/α,β-unsaturated/α-hetero) is 1. The molecule has 0 spiro atoms. The van der Waals surface area contributed by atoms with Crippen molar-refractivity contribution in [2.24, 2.45) is 5.73 Å². The third kappa shape index (κ3) is 3.58. The Balaban J connectivity index is 3.61. The minimum absolute atomic E-state index is 0.0324. The van der Waals surface area contributed by atoms with E-state index in [9.17, 15) is 4.79 Å². The number of carbonyl (C=O) groups excluding carboxylic acids is 1. The van der Waals surface area contributed by atoms with E-state index in [1.807, 2.05) is 6.92 Å². The lowest BCUT2D eigenvalue weighted by atomic mass is 10.1. The maximum absolute atomic E-state index is 10.8. The van der Waals surface area contributed by atoms with Gasteiger partial charge in [-0.05, 0) is 26.4 Å². The van der Waals surface area contributed by atoms with Crippen LogP contribution in [0.5, 0.6) is 0 Å². The molecule has 0 unspecified atom stereocenters. The van der Waals surface area contributed by atoms with Crippen LogP contribution in [0.2, 0.25) is 0 Å². The van der Waals surface area contributed by atoms with Gasteiger partial charge in [0.15, 0.2) is 0 Å². The number of ketones is 1. The predicted octanol–water partition coefficient (Wildman–Crippen LogP) is -0.0977. The summed E-state index contributed by atoms with van der Waals surface area (Å²) in [6, 6.07) is -0.0324. The SMILES string of the molecule is CCN[C@@H](CCN)C(C)=O. The zero-order valence-electron chi connectivity index (χ0n) is 6.68. The number of nitrogens with one attached hydrogen (secondary N) is 1. The van der Waals surface area contributed by atoms with Gasteiger partial charge in [-0.1, -0.05) is 6.92 Å². The van der Waals surface area contributed by atoms with E-state index < -0.39 is 0 Å². The zero-order chi connectivity index (χ0) is 7.98. The standard InChI is InChI=1S/C7H16N2O/c1-3-9-7(4-5-8)6(2)10/h7,9H,3-5,8H2,1-2H3/t7-/m0/s1. The Morgan fingerprint density at radius 1 is 1.70 bits per heavy atom. The van der Waals surface area contributed by atoms with E-state index in [1.165, 1.54) is 0 Å². The van der Waals surface area contributed by atoms with Crippen LogP contribution in [0.1, 0.15) is 20.3 Å². The number of nitrogens with two attached hydrogens (primary N) is 1. The Morgan fingerprint density at radius 3 is 2.60 bits per heavy atom. The molecule has 3 nitrogen and oxygen atoms in total. The van der Waals surface area contributed by atoms with Crippen LogP contribution in [-0.4, -0.2) is 24.9 Å². The van der Waals surface area contributed by atoms with Crippen LogP contribution in [0.4, 0.5) is 0 Å². The number of hydrogen-bond acceptors (Lipinski definition) is 3. The van der Waals surface area contributed by atoms with Gasteiger partial charge in [-0.15, -0.1) is 0 Å². The smallest absolute Gasteiger partial charge is 0.146 e. The van der Waals surface area contributed by atoms with Crippen LogP contribution in [0.3, 0.4) is 0 Å². The summed E-state index contributed by atoms with van der Waals surface area (Å²) >= 11 is 0. The van der Waals surface area contributed by atoms with Gasteiger partial charge in [0.05, 0.1) is 6.04 Å². The number of rotatable bonds is 5. The highest BCUT2D eigenvalue weighted by Crippen LogP contribution is 1.90. The van der Waals surface area contributed by atoms with E-state index in [1.54, 1.807) is 6.92 Å². The fourth-order valence-corrected chi connectivity index (χ4v) is 0.862. The molecule has 0 amide bonds. The lowest BCUT2D eigenvalue weighted by Crippen LogP contribution is -2.36. The lowest BCUT2D eigenvalue weighted by molar-refractivity contribution is -0.119. The quantitative estimate of drug-likeness (QED) is 0.566. The molecule has 0 aliphatic rings. The van der Waals surface area contributed by atoms with Gasteiger partial charge in [-0.2, -0.15) is 0 Å². The second-order valence-electron chi connectivity index (χ2n) is 2.30. The molecule has 3 heteroatoms. The van der Waals surface area contributed by atoms with Gasteiger partial charge in [0.25, 0.3) is 0 Å². The highest BCUT2D eigenvalue weighted by molar-refractivity contribution is 5.81. The summed E-state index contributed by atoms with van der Waals surface area (Å²) in [5, 5.41) is 3.05. The lowest BCUT2D eigenvalue weighted by Gasteiger charge is -2.12. The van der Waals surface area contributed by atoms with Crippen molar-refractivity contribution in [1.82, 2.24) is 5.32 Å². The molecule has 0 bridgehead atoms. The largest absolute Gasteiger partial charge is 0.330 e. The normalized spacial score (nSPS) is 13.1. The van der Waals surface area contributed by atoms with Crippen LogP contribution in [0.25, 0.3) is 0 Å². The summed E-state index contributed by atoms with van der Waals surface area (Å²) in [4.78, 5) is 10.8. The highest BCUT2D eigenvalue weighted by Gasteiger charge is 2.09. The third-order valence-corrected chi connectivity index (χ3v) is 1.40. The van der Waals surface area contributed by atoms with Crippen molar-refractivity contribution in [3.8, 4) is 0 Å². The molecule has 1 atom stereocenters. The average molecular weight is 144 g/mol. The van der Waals surface area contributed by atoms with Gasteiger partial charge in [-0.3, -0.25) is 4.79 Å². The minimum atomic E-state index is -0.0324. The van der Waals surface area contributed by atoms with Crippen molar-refractivity contribution in [2.75, 3.05) is 13.1 Å². The Labute approximate surface area is 62.0 Å². The van der Waals surface area contributed by atoms with E-state index in [4.69, 9.17) is 5.73 Å². The van der Waals surface area contributed by atoms with Crippen molar-refractivity contribution in [1.29, 1.82) is 0 Å². The van der Waals surface area contributed by atoms with Crippen molar-refractivity contribution >= 4 is 5.78 Å². The molecule has 0 aliphatic heterocycles. The maximum Gasteiger partial charge on any atom is 0.146 e. The molecule has 10 heavy (non-hydrogen) atoms. The molecular weight excluding hydrogens is 128 g/mol. The Kier molecular flexibility index (Phi) is 5.16. The van der Waals surface area contributed by atoms with E-state index in [0.717, 1.165) is 13.0 Å². The summed E-state index contributed by atoms with van der Waals surface area (Å²) in [5.41, 5.74) is 5.31. The predicted molar refractivity (Wildman–Crippen MR) is 41.8 cm³/mol. The Hall–Kier alpha value is -0.410. The zero-order valence-corrected chi connectivity index (χ0v) is 6.68. The van der Waals surface area contributed by atoms with Gasteiger partial charge < -0.3 is 11.1 Å². The molecule has 0 saturated carbocycles. The highest BCUT2D eigenvalue weighted by atomic mass is 16.1. The first-order valence-electron chi connectivity index (χ1n) is 3.66. The van der Waals surface area contributed by atoms with E-state index in [2.05, 4.69) is 5.32 Å². The third-order valence-electron chi connectivity index (χ3n) is 1.40. The topological polar surface area (TPSA) is 55.1 Å². The van der Waals surface area contributed by atoms with Crippen LogP contribution < -0.4 is 11.1 Å². The molecule has 60 valence electrons. The first-order valence-corrected chi connectivity index (χ1v) is 3.66. The average Bonchev–Trinajstić information content (AvgIpc) is 1.87. The monoisotopic (exact) mass is 144 g/mol. The molecular formula is C7H16N2O. The first-order chi connectivity index (χ1) is 4.72. The number of carbonyl (C=O) groups is 1. The maximum atomic E-state index is 10.8. The summed E-state index contributed by atoms with van der Waals surface area (Å²) in [5.74, 6) is 0.173. The second kappa shape index (κ2) is 5.38. The summed E-state index contributed by atoms with van der Waals surface area (Å²) in [7, 11) is 0. The van der Waals surface area contributed by atoms with E-state index >= 15 is 0 Å². The second-order valence-corrected chi connectivity index (χ2v) is 2.30. The van der Waals surface area contributed by atoms with Crippen LogP contribution in [0.15, 0.2) is 0 Å². The molecule has 0 aromatic heterocycles. The fraction of sp³-hybridized carbons (Fsp3) is 0.857. The van der Waals surface area contributed by atoms with Gasteiger partial charge >= 0.3 is 0 Å².